The van der Waals surface area contributed by atoms with E-state index in [-0.39, 0.29) is 24.4 Å². The number of benzene rings is 1. The molecule has 1 aliphatic heterocycles. The Balaban J connectivity index is 1.68. The van der Waals surface area contributed by atoms with Gasteiger partial charge in [0.05, 0.1) is 0 Å². The highest BCUT2D eigenvalue weighted by atomic mass is 16.2. The van der Waals surface area contributed by atoms with Gasteiger partial charge in [-0.3, -0.25) is 14.5 Å². The third-order valence-corrected chi connectivity index (χ3v) is 5.60. The quantitative estimate of drug-likeness (QED) is 0.571. The van der Waals surface area contributed by atoms with Gasteiger partial charge in [-0.1, -0.05) is 50.5 Å². The number of amides is 4. The minimum Gasteiger partial charge on any atom is -0.352 e. The molecule has 0 saturated carbocycles. The van der Waals surface area contributed by atoms with Gasteiger partial charge in [-0.25, -0.2) is 4.79 Å². The van der Waals surface area contributed by atoms with Crippen molar-refractivity contribution in [3.05, 3.63) is 35.4 Å². The van der Waals surface area contributed by atoms with Gasteiger partial charge in [0.2, 0.25) is 5.91 Å². The molecule has 0 bridgehead atoms. The number of imide groups is 1. The van der Waals surface area contributed by atoms with E-state index in [0.29, 0.717) is 6.42 Å². The Bertz CT molecular complexity index is 733. The molecule has 1 spiro atoms. The van der Waals surface area contributed by atoms with Crippen LogP contribution in [0, 0.1) is 0 Å². The summed E-state index contributed by atoms with van der Waals surface area (Å²) in [5, 5.41) is 5.79. The number of hydrogen-bond donors (Lipinski definition) is 2. The summed E-state index contributed by atoms with van der Waals surface area (Å²) < 4.78 is 0. The molecule has 27 heavy (non-hydrogen) atoms. The number of hydrogen-bond acceptors (Lipinski definition) is 3. The first-order chi connectivity index (χ1) is 13.0. The fourth-order valence-corrected chi connectivity index (χ4v) is 4.19. The fraction of sp³-hybridized carbons (Fsp3) is 0.571. The molecule has 1 heterocycles. The normalized spacial score (nSPS) is 22.5. The first kappa shape index (κ1) is 19.4. The molecule has 2 aliphatic rings. The van der Waals surface area contributed by atoms with Crippen molar-refractivity contribution in [1.82, 2.24) is 15.5 Å². The summed E-state index contributed by atoms with van der Waals surface area (Å²) in [4.78, 5) is 39.1. The van der Waals surface area contributed by atoms with Gasteiger partial charge in [0, 0.05) is 6.04 Å². The van der Waals surface area contributed by atoms with Gasteiger partial charge in [-0.2, -0.15) is 0 Å². The first-order valence-corrected chi connectivity index (χ1v) is 10.00. The number of nitrogens with zero attached hydrogens (tertiary/aromatic N) is 1. The Morgan fingerprint density at radius 2 is 2.07 bits per heavy atom. The summed E-state index contributed by atoms with van der Waals surface area (Å²) in [5.41, 5.74) is 0.942. The molecule has 146 valence electrons. The molecule has 4 amide bonds. The number of nitrogens with one attached hydrogen (secondary N) is 2. The molecule has 0 radical (unpaired) electrons. The van der Waals surface area contributed by atoms with Crippen LogP contribution < -0.4 is 10.6 Å². The van der Waals surface area contributed by atoms with Gasteiger partial charge < -0.3 is 10.6 Å². The molecule has 1 aromatic carbocycles. The number of unbranched alkanes of at least 4 members (excludes halogenated alkanes) is 2. The zero-order chi connectivity index (χ0) is 19.4. The van der Waals surface area contributed by atoms with E-state index in [2.05, 4.69) is 17.6 Å². The maximum absolute atomic E-state index is 13.2. The SMILES string of the molecule is CCCCC[C@H](C)NC(=O)CN1C(=O)N[C@@]2(CCCc3ccccc32)C1=O. The summed E-state index contributed by atoms with van der Waals surface area (Å²) in [6.07, 6.45) is 6.52. The van der Waals surface area contributed by atoms with E-state index in [9.17, 15) is 14.4 Å². The molecule has 1 aliphatic carbocycles. The topological polar surface area (TPSA) is 78.5 Å². The summed E-state index contributed by atoms with van der Waals surface area (Å²) >= 11 is 0. The fourth-order valence-electron chi connectivity index (χ4n) is 4.19. The Hall–Kier alpha value is -2.37. The second-order valence-corrected chi connectivity index (χ2v) is 7.70. The second-order valence-electron chi connectivity index (χ2n) is 7.70. The van der Waals surface area contributed by atoms with E-state index in [1.54, 1.807) is 0 Å². The van der Waals surface area contributed by atoms with Crippen LogP contribution in [0.15, 0.2) is 24.3 Å². The van der Waals surface area contributed by atoms with Crippen molar-refractivity contribution < 1.29 is 14.4 Å². The molecular weight excluding hydrogens is 342 g/mol. The largest absolute Gasteiger partial charge is 0.352 e. The van der Waals surface area contributed by atoms with Crippen LogP contribution in [0.1, 0.15) is 63.5 Å². The molecule has 6 nitrogen and oxygen atoms in total. The highest BCUT2D eigenvalue weighted by Crippen LogP contribution is 2.39. The molecule has 1 fully saturated rings. The highest BCUT2D eigenvalue weighted by Gasteiger charge is 2.54. The lowest BCUT2D eigenvalue weighted by Crippen LogP contribution is -2.47. The third-order valence-electron chi connectivity index (χ3n) is 5.60. The van der Waals surface area contributed by atoms with Crippen LogP contribution in [0.3, 0.4) is 0 Å². The smallest absolute Gasteiger partial charge is 0.325 e. The van der Waals surface area contributed by atoms with E-state index >= 15 is 0 Å². The number of urea groups is 1. The van der Waals surface area contributed by atoms with Crippen LogP contribution in [-0.4, -0.2) is 35.3 Å². The molecule has 1 aromatic rings. The summed E-state index contributed by atoms with van der Waals surface area (Å²) in [5.74, 6) is -0.600. The van der Waals surface area contributed by atoms with Crippen molar-refractivity contribution in [3.63, 3.8) is 0 Å². The number of fused-ring (bicyclic) bond motifs is 2. The number of aryl methyl sites for hydroxylation is 1. The van der Waals surface area contributed by atoms with Crippen molar-refractivity contribution in [2.24, 2.45) is 0 Å². The lowest BCUT2D eigenvalue weighted by molar-refractivity contribution is -0.135. The predicted molar refractivity (Wildman–Crippen MR) is 103 cm³/mol. The molecule has 2 N–H and O–H groups in total. The standard InChI is InChI=1S/C21H29N3O3/c1-3-4-5-9-15(2)22-18(25)14-24-19(26)21(23-20(24)27)13-8-11-16-10-6-7-12-17(16)21/h6-7,10,12,15H,3-5,8-9,11,13-14H2,1-2H3,(H,22,25)(H,23,27)/t15-,21+/m0/s1. The molecule has 1 saturated heterocycles. The Labute approximate surface area is 160 Å². The lowest BCUT2D eigenvalue weighted by atomic mass is 9.76. The average Bonchev–Trinajstić information content (AvgIpc) is 2.87. The Kier molecular flexibility index (Phi) is 5.82. The molecule has 0 aromatic heterocycles. The average molecular weight is 371 g/mol. The number of rotatable bonds is 7. The minimum atomic E-state index is -1.01. The third kappa shape index (κ3) is 3.84. The second kappa shape index (κ2) is 8.11. The van der Waals surface area contributed by atoms with Gasteiger partial charge in [-0.15, -0.1) is 0 Å². The summed E-state index contributed by atoms with van der Waals surface area (Å²) in [7, 11) is 0. The van der Waals surface area contributed by atoms with E-state index in [4.69, 9.17) is 0 Å². The summed E-state index contributed by atoms with van der Waals surface area (Å²) in [6.45, 7) is 3.87. The zero-order valence-corrected chi connectivity index (χ0v) is 16.2. The number of carbonyl (C=O) groups excluding carboxylic acids is 3. The molecule has 3 rings (SSSR count). The Morgan fingerprint density at radius 3 is 2.85 bits per heavy atom. The highest BCUT2D eigenvalue weighted by molar-refractivity contribution is 6.09. The van der Waals surface area contributed by atoms with Crippen molar-refractivity contribution in [3.8, 4) is 0 Å². The van der Waals surface area contributed by atoms with Crippen LogP contribution >= 0.6 is 0 Å². The van der Waals surface area contributed by atoms with Crippen LogP contribution in [0.4, 0.5) is 4.79 Å². The molecule has 0 unspecified atom stereocenters. The maximum atomic E-state index is 13.2. The van der Waals surface area contributed by atoms with Crippen molar-refractivity contribution >= 4 is 17.8 Å². The Morgan fingerprint density at radius 1 is 1.30 bits per heavy atom. The molecular formula is C21H29N3O3. The van der Waals surface area contributed by atoms with Crippen LogP contribution in [0.2, 0.25) is 0 Å². The van der Waals surface area contributed by atoms with E-state index < -0.39 is 11.6 Å². The van der Waals surface area contributed by atoms with Crippen LogP contribution in [0.5, 0.6) is 0 Å². The number of carbonyl (C=O) groups is 3. The molecule has 6 heteroatoms. The van der Waals surface area contributed by atoms with Crippen LogP contribution in [0.25, 0.3) is 0 Å². The minimum absolute atomic E-state index is 0.0363. The predicted octanol–water partition coefficient (Wildman–Crippen LogP) is 2.86. The van der Waals surface area contributed by atoms with Gasteiger partial charge in [0.25, 0.3) is 5.91 Å². The van der Waals surface area contributed by atoms with Crippen molar-refractivity contribution in [1.29, 1.82) is 0 Å². The molecule has 2 atom stereocenters. The van der Waals surface area contributed by atoms with Gasteiger partial charge in [0.15, 0.2) is 0 Å². The van der Waals surface area contributed by atoms with E-state index in [0.717, 1.165) is 54.6 Å². The van der Waals surface area contributed by atoms with E-state index in [1.165, 1.54) is 0 Å². The zero-order valence-electron chi connectivity index (χ0n) is 16.2. The maximum Gasteiger partial charge on any atom is 0.325 e. The van der Waals surface area contributed by atoms with Gasteiger partial charge >= 0.3 is 6.03 Å². The van der Waals surface area contributed by atoms with Crippen LogP contribution in [-0.2, 0) is 21.5 Å². The lowest BCUT2D eigenvalue weighted by Gasteiger charge is -2.33. The monoisotopic (exact) mass is 371 g/mol. The van der Waals surface area contributed by atoms with Gasteiger partial charge in [0.1, 0.15) is 12.1 Å². The first-order valence-electron chi connectivity index (χ1n) is 10.00. The summed E-state index contributed by atoms with van der Waals surface area (Å²) in [6, 6.07) is 7.30. The van der Waals surface area contributed by atoms with Gasteiger partial charge in [-0.05, 0) is 43.7 Å². The van der Waals surface area contributed by atoms with Crippen molar-refractivity contribution in [2.75, 3.05) is 6.54 Å². The van der Waals surface area contributed by atoms with Crippen molar-refractivity contribution in [2.45, 2.75) is 70.4 Å². The van der Waals surface area contributed by atoms with E-state index in [1.807, 2.05) is 31.2 Å².